The Bertz CT molecular complexity index is 1960. The maximum absolute atomic E-state index is 14.2. The second-order valence-corrected chi connectivity index (χ2v) is 17.2. The molecule has 1 fully saturated rings. The molecule has 9 heteroatoms. The highest BCUT2D eigenvalue weighted by molar-refractivity contribution is 5.91. The Morgan fingerprint density at radius 2 is 1.33 bits per heavy atom. The van der Waals surface area contributed by atoms with Crippen molar-refractivity contribution in [1.82, 2.24) is 25.8 Å². The molecule has 3 atom stereocenters. The summed E-state index contributed by atoms with van der Waals surface area (Å²) in [6, 6.07) is 28.2. The van der Waals surface area contributed by atoms with Crippen LogP contribution in [0.1, 0.15) is 103 Å². The SMILES string of the molecule is CN[C@@H](C)C(=O)N[C@H](C(=O)N1CCC[C@H]1CN(CCc1cccc2ccccc12)C(=O)CCCCCCCCC(=O)NCCc1cccc2ccccc12)C(C)(C)C. The van der Waals surface area contributed by atoms with Gasteiger partial charge in [-0.05, 0) is 90.6 Å². The van der Waals surface area contributed by atoms with E-state index in [9.17, 15) is 19.2 Å². The van der Waals surface area contributed by atoms with E-state index in [2.05, 4.69) is 94.8 Å². The van der Waals surface area contributed by atoms with Gasteiger partial charge in [-0.15, -0.1) is 0 Å². The highest BCUT2D eigenvalue weighted by Crippen LogP contribution is 2.27. The molecule has 1 saturated heterocycles. The summed E-state index contributed by atoms with van der Waals surface area (Å²) in [7, 11) is 1.73. The van der Waals surface area contributed by atoms with E-state index in [1.165, 1.54) is 32.7 Å². The molecule has 4 aromatic carbocycles. The standard InChI is InChI=1S/C49H67N5O4/c1-36(50-5)47(57)52-46(49(2,3)4)48(58)54-33-18-25-41(54)35-53(34-31-40-24-17-22-38-20-13-15-27-43(38)40)45(56)29-11-9-7-6-8-10-28-44(55)51-32-30-39-23-16-21-37-19-12-14-26-42(37)39/h12-17,19-24,26-27,36,41,46,50H,6-11,18,25,28-35H2,1-5H3,(H,51,55)(H,52,57)/t36-,41-,46+/m0/s1. The summed E-state index contributed by atoms with van der Waals surface area (Å²) in [4.78, 5) is 57.6. The Morgan fingerprint density at radius 3 is 1.95 bits per heavy atom. The fraction of sp³-hybridized carbons (Fsp3) is 0.510. The van der Waals surface area contributed by atoms with E-state index in [4.69, 9.17) is 0 Å². The van der Waals surface area contributed by atoms with Crippen molar-refractivity contribution in [2.24, 2.45) is 5.41 Å². The molecule has 5 rings (SSSR count). The molecule has 312 valence electrons. The molecule has 0 saturated carbocycles. The Morgan fingerprint density at radius 1 is 0.759 bits per heavy atom. The minimum Gasteiger partial charge on any atom is -0.356 e. The minimum absolute atomic E-state index is 0.0773. The van der Waals surface area contributed by atoms with Gasteiger partial charge in [0.2, 0.25) is 23.6 Å². The molecule has 0 radical (unpaired) electrons. The second-order valence-electron chi connectivity index (χ2n) is 17.2. The van der Waals surface area contributed by atoms with Gasteiger partial charge in [-0.25, -0.2) is 0 Å². The van der Waals surface area contributed by atoms with Crippen molar-refractivity contribution in [3.8, 4) is 0 Å². The molecule has 1 heterocycles. The molecule has 3 N–H and O–H groups in total. The van der Waals surface area contributed by atoms with E-state index in [1.54, 1.807) is 14.0 Å². The molecule has 0 unspecified atom stereocenters. The fourth-order valence-electron chi connectivity index (χ4n) is 8.23. The number of benzene rings is 4. The lowest BCUT2D eigenvalue weighted by Gasteiger charge is -2.37. The van der Waals surface area contributed by atoms with Crippen molar-refractivity contribution in [3.63, 3.8) is 0 Å². The van der Waals surface area contributed by atoms with Gasteiger partial charge >= 0.3 is 0 Å². The number of hydrogen-bond acceptors (Lipinski definition) is 5. The number of likely N-dealkylation sites (tertiary alicyclic amines) is 1. The Hall–Kier alpha value is -4.76. The van der Waals surface area contributed by atoms with Gasteiger partial charge in [0.1, 0.15) is 6.04 Å². The van der Waals surface area contributed by atoms with E-state index in [0.717, 1.165) is 64.2 Å². The van der Waals surface area contributed by atoms with E-state index in [0.29, 0.717) is 39.0 Å². The average molecular weight is 790 g/mol. The minimum atomic E-state index is -0.675. The highest BCUT2D eigenvalue weighted by Gasteiger charge is 2.40. The van der Waals surface area contributed by atoms with Gasteiger partial charge in [-0.2, -0.15) is 0 Å². The third-order valence-corrected chi connectivity index (χ3v) is 11.8. The van der Waals surface area contributed by atoms with Crippen molar-refractivity contribution < 1.29 is 19.2 Å². The number of amides is 4. The van der Waals surface area contributed by atoms with Gasteiger partial charge in [0.25, 0.3) is 0 Å². The van der Waals surface area contributed by atoms with Gasteiger partial charge in [0.15, 0.2) is 0 Å². The van der Waals surface area contributed by atoms with Crippen LogP contribution in [0.3, 0.4) is 0 Å². The lowest BCUT2D eigenvalue weighted by Crippen LogP contribution is -2.59. The first-order valence-electron chi connectivity index (χ1n) is 21.7. The molecule has 58 heavy (non-hydrogen) atoms. The van der Waals surface area contributed by atoms with E-state index in [-0.39, 0.29) is 29.7 Å². The zero-order chi connectivity index (χ0) is 41.5. The third-order valence-electron chi connectivity index (χ3n) is 11.8. The summed E-state index contributed by atoms with van der Waals surface area (Å²) in [5, 5.41) is 14.0. The summed E-state index contributed by atoms with van der Waals surface area (Å²) < 4.78 is 0. The predicted octanol–water partition coefficient (Wildman–Crippen LogP) is 7.97. The number of nitrogens with zero attached hydrogens (tertiary/aromatic N) is 2. The van der Waals surface area contributed by atoms with Gasteiger partial charge in [-0.3, -0.25) is 19.2 Å². The van der Waals surface area contributed by atoms with Crippen LogP contribution in [0.25, 0.3) is 21.5 Å². The third kappa shape index (κ3) is 12.6. The molecular weight excluding hydrogens is 723 g/mol. The number of carbonyl (C=O) groups is 4. The van der Waals surface area contributed by atoms with Gasteiger partial charge < -0.3 is 25.8 Å². The lowest BCUT2D eigenvalue weighted by molar-refractivity contribution is -0.142. The molecular formula is C49H67N5O4. The maximum atomic E-state index is 14.2. The van der Waals surface area contributed by atoms with E-state index in [1.807, 2.05) is 36.6 Å². The summed E-state index contributed by atoms with van der Waals surface area (Å²) in [5.74, 6) is -0.0406. The first-order valence-corrected chi connectivity index (χ1v) is 21.7. The number of fused-ring (bicyclic) bond motifs is 2. The summed E-state index contributed by atoms with van der Waals surface area (Å²) in [6.45, 7) is 10.1. The van der Waals surface area contributed by atoms with Crippen LogP contribution >= 0.6 is 0 Å². The van der Waals surface area contributed by atoms with Crippen molar-refractivity contribution in [2.45, 2.75) is 123 Å². The maximum Gasteiger partial charge on any atom is 0.246 e. The smallest absolute Gasteiger partial charge is 0.246 e. The largest absolute Gasteiger partial charge is 0.356 e. The van der Waals surface area contributed by atoms with E-state index >= 15 is 0 Å². The first kappa shape index (κ1) is 44.3. The van der Waals surface area contributed by atoms with Crippen LogP contribution in [0.15, 0.2) is 84.9 Å². The van der Waals surface area contributed by atoms with Crippen LogP contribution in [-0.2, 0) is 32.0 Å². The molecule has 1 aliphatic rings. The number of hydrogen-bond donors (Lipinski definition) is 3. The Balaban J connectivity index is 1.10. The molecule has 0 aliphatic carbocycles. The molecule has 0 bridgehead atoms. The summed E-state index contributed by atoms with van der Waals surface area (Å²) in [6.07, 6.45) is 9.96. The van der Waals surface area contributed by atoms with Crippen molar-refractivity contribution in [3.05, 3.63) is 96.1 Å². The molecule has 1 aliphatic heterocycles. The molecule has 0 aromatic heterocycles. The van der Waals surface area contributed by atoms with Crippen LogP contribution < -0.4 is 16.0 Å². The zero-order valence-electron chi connectivity index (χ0n) is 35.7. The van der Waals surface area contributed by atoms with Crippen LogP contribution in [0.5, 0.6) is 0 Å². The molecule has 4 amide bonds. The average Bonchev–Trinajstić information content (AvgIpc) is 3.69. The summed E-state index contributed by atoms with van der Waals surface area (Å²) >= 11 is 0. The normalized spacial score (nSPS) is 15.3. The predicted molar refractivity (Wildman–Crippen MR) is 236 cm³/mol. The molecule has 9 nitrogen and oxygen atoms in total. The number of nitrogens with one attached hydrogen (secondary N) is 3. The van der Waals surface area contributed by atoms with Gasteiger partial charge in [-0.1, -0.05) is 131 Å². The highest BCUT2D eigenvalue weighted by atomic mass is 16.2. The number of likely N-dealkylation sites (N-methyl/N-ethyl adjacent to an activating group) is 1. The van der Waals surface area contributed by atoms with Gasteiger partial charge in [0.05, 0.1) is 6.04 Å². The number of carbonyl (C=O) groups excluding carboxylic acids is 4. The monoisotopic (exact) mass is 790 g/mol. The molecule has 0 spiro atoms. The Labute approximate surface area is 346 Å². The zero-order valence-corrected chi connectivity index (χ0v) is 35.7. The van der Waals surface area contributed by atoms with Crippen LogP contribution in [0.2, 0.25) is 0 Å². The van der Waals surface area contributed by atoms with Crippen LogP contribution in [0, 0.1) is 5.41 Å². The van der Waals surface area contributed by atoms with E-state index < -0.39 is 17.5 Å². The number of unbranched alkanes of at least 4 members (excludes halogenated alkanes) is 5. The lowest BCUT2D eigenvalue weighted by atomic mass is 9.85. The fourth-order valence-corrected chi connectivity index (χ4v) is 8.23. The van der Waals surface area contributed by atoms with Crippen molar-refractivity contribution in [2.75, 3.05) is 33.2 Å². The summed E-state index contributed by atoms with van der Waals surface area (Å²) in [5.41, 5.74) is 1.98. The topological polar surface area (TPSA) is 111 Å². The van der Waals surface area contributed by atoms with Crippen molar-refractivity contribution >= 4 is 45.2 Å². The Kier molecular flexibility index (Phi) is 16.7. The van der Waals surface area contributed by atoms with Crippen LogP contribution in [-0.4, -0.2) is 84.8 Å². The molecule has 4 aromatic rings. The number of rotatable bonds is 21. The second kappa shape index (κ2) is 21.8. The quantitative estimate of drug-likeness (QED) is 0.0743. The van der Waals surface area contributed by atoms with Crippen molar-refractivity contribution in [1.29, 1.82) is 0 Å². The van der Waals surface area contributed by atoms with Gasteiger partial charge in [0, 0.05) is 45.1 Å². The van der Waals surface area contributed by atoms with Crippen LogP contribution in [0.4, 0.5) is 0 Å². The first-order chi connectivity index (χ1) is 28.0.